The molecule has 13 heavy (non-hydrogen) atoms. The Morgan fingerprint density at radius 2 is 1.85 bits per heavy atom. The van der Waals surface area contributed by atoms with Crippen LogP contribution in [0.5, 0.6) is 0 Å². The summed E-state index contributed by atoms with van der Waals surface area (Å²) in [4.78, 5) is 0. The molecule has 0 aliphatic heterocycles. The molecule has 1 aromatic rings. The van der Waals surface area contributed by atoms with Crippen LogP contribution < -0.4 is 5.32 Å². The molecular formula is C9H10Cl2FN. The van der Waals surface area contributed by atoms with Crippen LogP contribution in [0.25, 0.3) is 0 Å². The van der Waals surface area contributed by atoms with Crippen molar-refractivity contribution < 1.29 is 4.39 Å². The molecule has 1 rings (SSSR count). The van der Waals surface area contributed by atoms with Gasteiger partial charge in [0.1, 0.15) is 0 Å². The lowest BCUT2D eigenvalue weighted by Crippen LogP contribution is -2.03. The SMILES string of the molecule is FCCCNc1c(Cl)cccc1Cl. The molecule has 0 heterocycles. The van der Waals surface area contributed by atoms with Gasteiger partial charge in [-0.05, 0) is 18.6 Å². The lowest BCUT2D eigenvalue weighted by Gasteiger charge is -2.08. The molecule has 0 amide bonds. The summed E-state index contributed by atoms with van der Waals surface area (Å²) in [6, 6.07) is 5.25. The topological polar surface area (TPSA) is 12.0 Å². The van der Waals surface area contributed by atoms with Gasteiger partial charge >= 0.3 is 0 Å². The monoisotopic (exact) mass is 221 g/mol. The zero-order chi connectivity index (χ0) is 9.68. The maximum absolute atomic E-state index is 11.8. The third-order valence-corrected chi connectivity index (χ3v) is 2.20. The number of benzene rings is 1. The van der Waals surface area contributed by atoms with Crippen LogP contribution in [0.3, 0.4) is 0 Å². The van der Waals surface area contributed by atoms with Gasteiger partial charge in [0.25, 0.3) is 0 Å². The molecule has 0 saturated heterocycles. The highest BCUT2D eigenvalue weighted by molar-refractivity contribution is 6.39. The molecule has 0 fully saturated rings. The minimum absolute atomic E-state index is 0.338. The fraction of sp³-hybridized carbons (Fsp3) is 0.333. The molecule has 0 saturated carbocycles. The molecule has 1 nitrogen and oxygen atoms in total. The molecule has 0 aliphatic carbocycles. The predicted octanol–water partition coefficient (Wildman–Crippen LogP) is 3.76. The smallest absolute Gasteiger partial charge is 0.0911 e. The summed E-state index contributed by atoms with van der Waals surface area (Å²) < 4.78 is 11.8. The van der Waals surface area contributed by atoms with Gasteiger partial charge in [0.15, 0.2) is 0 Å². The third kappa shape index (κ3) is 3.05. The summed E-state index contributed by atoms with van der Waals surface area (Å²) in [5.41, 5.74) is 0.680. The predicted molar refractivity (Wildman–Crippen MR) is 55.5 cm³/mol. The average molecular weight is 222 g/mol. The average Bonchev–Trinajstić information content (AvgIpc) is 2.10. The zero-order valence-corrected chi connectivity index (χ0v) is 8.50. The van der Waals surface area contributed by atoms with Crippen LogP contribution in [0.1, 0.15) is 6.42 Å². The Morgan fingerprint density at radius 1 is 1.23 bits per heavy atom. The number of alkyl halides is 1. The van der Waals surface area contributed by atoms with E-state index in [1.54, 1.807) is 18.2 Å². The summed E-state index contributed by atoms with van der Waals surface area (Å²) in [5.74, 6) is 0. The van der Waals surface area contributed by atoms with E-state index in [0.29, 0.717) is 28.7 Å². The summed E-state index contributed by atoms with van der Waals surface area (Å²) in [5, 5.41) is 4.10. The van der Waals surface area contributed by atoms with E-state index in [4.69, 9.17) is 23.2 Å². The van der Waals surface area contributed by atoms with E-state index in [1.807, 2.05) is 0 Å². The van der Waals surface area contributed by atoms with Gasteiger partial charge in [0.2, 0.25) is 0 Å². The molecule has 0 bridgehead atoms. The highest BCUT2D eigenvalue weighted by Crippen LogP contribution is 2.29. The molecule has 4 heteroatoms. The maximum atomic E-state index is 11.8. The Labute approximate surface area is 86.8 Å². The van der Waals surface area contributed by atoms with Crippen LogP contribution in [0, 0.1) is 0 Å². The fourth-order valence-electron chi connectivity index (χ4n) is 0.947. The molecule has 0 unspecified atom stereocenters. The van der Waals surface area contributed by atoms with Gasteiger partial charge in [-0.15, -0.1) is 0 Å². The second-order valence-corrected chi connectivity index (χ2v) is 3.38. The van der Waals surface area contributed by atoms with Gasteiger partial charge in [0, 0.05) is 6.54 Å². The quantitative estimate of drug-likeness (QED) is 0.764. The number of hydrogen-bond acceptors (Lipinski definition) is 1. The van der Waals surface area contributed by atoms with E-state index in [0.717, 1.165) is 0 Å². The largest absolute Gasteiger partial charge is 0.383 e. The number of halogens is 3. The van der Waals surface area contributed by atoms with Gasteiger partial charge in [-0.3, -0.25) is 4.39 Å². The van der Waals surface area contributed by atoms with Crippen molar-refractivity contribution in [1.29, 1.82) is 0 Å². The van der Waals surface area contributed by atoms with Crippen molar-refractivity contribution >= 4 is 28.9 Å². The number of para-hydroxylation sites is 1. The van der Waals surface area contributed by atoms with E-state index >= 15 is 0 Å². The van der Waals surface area contributed by atoms with Crippen molar-refractivity contribution in [3.63, 3.8) is 0 Å². The molecule has 1 aromatic carbocycles. The fourth-order valence-corrected chi connectivity index (χ4v) is 1.48. The summed E-state index contributed by atoms with van der Waals surface area (Å²) in [6.45, 7) is 0.203. The second kappa shape index (κ2) is 5.30. The van der Waals surface area contributed by atoms with Gasteiger partial charge in [-0.1, -0.05) is 29.3 Å². The van der Waals surface area contributed by atoms with E-state index in [-0.39, 0.29) is 6.67 Å². The summed E-state index contributed by atoms with van der Waals surface area (Å²) in [6.07, 6.45) is 0.460. The number of anilines is 1. The molecule has 72 valence electrons. The van der Waals surface area contributed by atoms with Crippen LogP contribution in [0.4, 0.5) is 10.1 Å². The van der Waals surface area contributed by atoms with E-state index in [2.05, 4.69) is 5.32 Å². The molecule has 0 spiro atoms. The Hall–Kier alpha value is -0.470. The third-order valence-electron chi connectivity index (χ3n) is 1.57. The minimum atomic E-state index is -0.338. The lowest BCUT2D eigenvalue weighted by molar-refractivity contribution is 0.481. The number of rotatable bonds is 4. The summed E-state index contributed by atoms with van der Waals surface area (Å²) >= 11 is 11.7. The van der Waals surface area contributed by atoms with Gasteiger partial charge in [0.05, 0.1) is 22.4 Å². The maximum Gasteiger partial charge on any atom is 0.0911 e. The van der Waals surface area contributed by atoms with E-state index in [9.17, 15) is 4.39 Å². The van der Waals surface area contributed by atoms with Crippen LogP contribution in [-0.2, 0) is 0 Å². The van der Waals surface area contributed by atoms with Crippen molar-refractivity contribution in [2.24, 2.45) is 0 Å². The van der Waals surface area contributed by atoms with Crippen LogP contribution in [0.15, 0.2) is 18.2 Å². The van der Waals surface area contributed by atoms with Crippen molar-refractivity contribution in [3.8, 4) is 0 Å². The number of hydrogen-bond donors (Lipinski definition) is 1. The van der Waals surface area contributed by atoms with Gasteiger partial charge in [-0.2, -0.15) is 0 Å². The first-order valence-electron chi connectivity index (χ1n) is 3.99. The van der Waals surface area contributed by atoms with Crippen molar-refractivity contribution in [1.82, 2.24) is 0 Å². The zero-order valence-electron chi connectivity index (χ0n) is 6.99. The van der Waals surface area contributed by atoms with E-state index in [1.165, 1.54) is 0 Å². The number of nitrogens with one attached hydrogen (secondary N) is 1. The van der Waals surface area contributed by atoms with Gasteiger partial charge in [-0.25, -0.2) is 0 Å². The summed E-state index contributed by atoms with van der Waals surface area (Å²) in [7, 11) is 0. The Morgan fingerprint density at radius 3 is 2.38 bits per heavy atom. The standard InChI is InChI=1S/C9H10Cl2FN/c10-7-3-1-4-8(11)9(7)13-6-2-5-12/h1,3-4,13H,2,5-6H2. The lowest BCUT2D eigenvalue weighted by atomic mass is 10.3. The van der Waals surface area contributed by atoms with Crippen LogP contribution >= 0.6 is 23.2 Å². The second-order valence-electron chi connectivity index (χ2n) is 2.57. The Bertz CT molecular complexity index is 258. The first-order valence-corrected chi connectivity index (χ1v) is 4.75. The Kier molecular flexibility index (Phi) is 4.33. The highest BCUT2D eigenvalue weighted by Gasteiger charge is 2.03. The molecule has 0 aliphatic rings. The molecule has 0 radical (unpaired) electrons. The van der Waals surface area contributed by atoms with Crippen molar-refractivity contribution in [2.45, 2.75) is 6.42 Å². The molecule has 0 atom stereocenters. The van der Waals surface area contributed by atoms with Crippen LogP contribution in [-0.4, -0.2) is 13.2 Å². The normalized spacial score (nSPS) is 10.1. The highest BCUT2D eigenvalue weighted by atomic mass is 35.5. The van der Waals surface area contributed by atoms with Crippen LogP contribution in [0.2, 0.25) is 10.0 Å². The van der Waals surface area contributed by atoms with E-state index < -0.39 is 0 Å². The molecule has 0 aromatic heterocycles. The molecular weight excluding hydrogens is 212 g/mol. The first-order chi connectivity index (χ1) is 6.25. The van der Waals surface area contributed by atoms with Crippen molar-refractivity contribution in [2.75, 3.05) is 18.5 Å². The van der Waals surface area contributed by atoms with Crippen molar-refractivity contribution in [3.05, 3.63) is 28.2 Å². The minimum Gasteiger partial charge on any atom is -0.383 e. The molecule has 1 N–H and O–H groups in total. The van der Waals surface area contributed by atoms with Gasteiger partial charge < -0.3 is 5.32 Å². The Balaban J connectivity index is 2.64. The first kappa shape index (κ1) is 10.6.